The highest BCUT2D eigenvalue weighted by atomic mass is 16.3. The maximum absolute atomic E-state index is 6.21. The van der Waals surface area contributed by atoms with Crippen LogP contribution >= 0.6 is 0 Å². The summed E-state index contributed by atoms with van der Waals surface area (Å²) < 4.78 is 12.4. The largest absolute Gasteiger partial charge is 0.456 e. The van der Waals surface area contributed by atoms with Gasteiger partial charge >= 0.3 is 0 Å². The number of hydrogen-bond donors (Lipinski definition) is 0. The van der Waals surface area contributed by atoms with Gasteiger partial charge in [-0.05, 0) is 112 Å². The van der Waals surface area contributed by atoms with Crippen molar-refractivity contribution in [2.24, 2.45) is 0 Å². The molecular weight excluding hydrogens is 689 g/mol. The molecule has 0 unspecified atom stereocenters. The summed E-state index contributed by atoms with van der Waals surface area (Å²) in [4.78, 5) is 19.0. The van der Waals surface area contributed by atoms with Crippen molar-refractivity contribution in [1.82, 2.24) is 19.9 Å². The molecule has 0 fully saturated rings. The molecule has 0 atom stereocenters. The maximum atomic E-state index is 6.21. The Kier molecular flexibility index (Phi) is 7.38. The minimum atomic E-state index is 0.603. The highest BCUT2D eigenvalue weighted by Crippen LogP contribution is 2.39. The molecule has 11 aromatic rings. The monoisotopic (exact) mass is 718 g/mol. The van der Waals surface area contributed by atoms with Gasteiger partial charge in [-0.2, -0.15) is 0 Å². The normalized spacial score (nSPS) is 11.6. The molecule has 262 valence electrons. The summed E-state index contributed by atoms with van der Waals surface area (Å²) in [7, 11) is 0. The molecule has 5 aromatic heterocycles. The van der Waals surface area contributed by atoms with Crippen LogP contribution in [0.15, 0.2) is 191 Å². The quantitative estimate of drug-likeness (QED) is 0.170. The molecule has 0 aliphatic heterocycles. The minimum absolute atomic E-state index is 0.603. The fourth-order valence-corrected chi connectivity index (χ4v) is 7.65. The third kappa shape index (κ3) is 5.60. The number of furan rings is 2. The van der Waals surface area contributed by atoms with Gasteiger partial charge in [-0.3, -0.25) is 9.97 Å². The van der Waals surface area contributed by atoms with Gasteiger partial charge in [-0.25, -0.2) is 9.97 Å². The first-order valence-electron chi connectivity index (χ1n) is 18.5. The topological polar surface area (TPSA) is 77.8 Å². The summed E-state index contributed by atoms with van der Waals surface area (Å²) >= 11 is 0. The molecular formula is C50H30N4O2. The average molecular weight is 719 g/mol. The van der Waals surface area contributed by atoms with Gasteiger partial charge in [0.05, 0.1) is 11.4 Å². The molecule has 0 aliphatic carbocycles. The average Bonchev–Trinajstić information content (AvgIpc) is 3.84. The van der Waals surface area contributed by atoms with Crippen LogP contribution in [0.4, 0.5) is 0 Å². The number of para-hydroxylation sites is 2. The number of nitrogens with zero attached hydrogens (tertiary/aromatic N) is 4. The molecule has 0 saturated heterocycles. The van der Waals surface area contributed by atoms with Crippen LogP contribution in [0.3, 0.4) is 0 Å². The van der Waals surface area contributed by atoms with Gasteiger partial charge in [-0.15, -0.1) is 0 Å². The summed E-state index contributed by atoms with van der Waals surface area (Å²) in [5, 5.41) is 4.34. The zero-order chi connectivity index (χ0) is 37.0. The van der Waals surface area contributed by atoms with Crippen LogP contribution in [-0.4, -0.2) is 19.9 Å². The van der Waals surface area contributed by atoms with E-state index in [1.165, 1.54) is 0 Å². The van der Waals surface area contributed by atoms with E-state index in [1.54, 1.807) is 12.4 Å². The maximum Gasteiger partial charge on any atom is 0.161 e. The summed E-state index contributed by atoms with van der Waals surface area (Å²) in [6.07, 6.45) is 7.24. The van der Waals surface area contributed by atoms with E-state index < -0.39 is 0 Å². The number of fused-ring (bicyclic) bond motifs is 6. The Hall–Kier alpha value is -7.70. The first kappa shape index (κ1) is 31.8. The zero-order valence-corrected chi connectivity index (χ0v) is 29.9. The van der Waals surface area contributed by atoms with Crippen molar-refractivity contribution in [3.05, 3.63) is 183 Å². The summed E-state index contributed by atoms with van der Waals surface area (Å²) in [6.45, 7) is 0. The third-order valence-electron chi connectivity index (χ3n) is 10.5. The Balaban J connectivity index is 1.11. The van der Waals surface area contributed by atoms with Crippen LogP contribution in [0.5, 0.6) is 0 Å². The molecule has 11 rings (SSSR count). The van der Waals surface area contributed by atoms with Gasteiger partial charge < -0.3 is 8.83 Å². The van der Waals surface area contributed by atoms with Gasteiger partial charge in [0.1, 0.15) is 22.3 Å². The van der Waals surface area contributed by atoms with Gasteiger partial charge in [-0.1, -0.05) is 78.9 Å². The lowest BCUT2D eigenvalue weighted by molar-refractivity contribution is 0.668. The SMILES string of the molecule is c1cncc(-c2ccc(-c3cc(-c4cc(-c5ccc6oc7ccccc7c6c5)cc(-c5ccc6oc7ccccc7c6c5)c4)nc(-c4cccnc4)n3)cc2)c1. The van der Waals surface area contributed by atoms with Crippen molar-refractivity contribution in [1.29, 1.82) is 0 Å². The second-order valence-corrected chi connectivity index (χ2v) is 13.9. The third-order valence-corrected chi connectivity index (χ3v) is 10.5. The Morgan fingerprint density at radius 3 is 1.36 bits per heavy atom. The highest BCUT2D eigenvalue weighted by molar-refractivity contribution is 6.07. The number of pyridine rings is 2. The lowest BCUT2D eigenvalue weighted by atomic mass is 9.93. The van der Waals surface area contributed by atoms with Crippen molar-refractivity contribution >= 4 is 43.9 Å². The molecule has 0 aliphatic rings. The number of rotatable bonds is 6. The van der Waals surface area contributed by atoms with E-state index in [1.807, 2.05) is 54.9 Å². The second kappa shape index (κ2) is 13.0. The van der Waals surface area contributed by atoms with Crippen LogP contribution in [0.1, 0.15) is 0 Å². The van der Waals surface area contributed by atoms with E-state index in [0.29, 0.717) is 5.82 Å². The molecule has 6 heteroatoms. The van der Waals surface area contributed by atoms with Crippen LogP contribution in [-0.2, 0) is 0 Å². The van der Waals surface area contributed by atoms with E-state index >= 15 is 0 Å². The van der Waals surface area contributed by atoms with E-state index in [-0.39, 0.29) is 0 Å². The van der Waals surface area contributed by atoms with Crippen molar-refractivity contribution < 1.29 is 8.83 Å². The fraction of sp³-hybridized carbons (Fsp3) is 0. The summed E-state index contributed by atoms with van der Waals surface area (Å²) in [5.41, 5.74) is 14.3. The molecule has 0 bridgehead atoms. The van der Waals surface area contributed by atoms with E-state index in [0.717, 1.165) is 105 Å². The van der Waals surface area contributed by atoms with Gasteiger partial charge in [0.25, 0.3) is 0 Å². The second-order valence-electron chi connectivity index (χ2n) is 13.9. The number of hydrogen-bond acceptors (Lipinski definition) is 6. The lowest BCUT2D eigenvalue weighted by Gasteiger charge is -2.13. The lowest BCUT2D eigenvalue weighted by Crippen LogP contribution is -1.97. The molecule has 6 aromatic carbocycles. The highest BCUT2D eigenvalue weighted by Gasteiger charge is 2.16. The van der Waals surface area contributed by atoms with Crippen LogP contribution in [0, 0.1) is 0 Å². The van der Waals surface area contributed by atoms with E-state index in [4.69, 9.17) is 18.8 Å². The molecule has 56 heavy (non-hydrogen) atoms. The smallest absolute Gasteiger partial charge is 0.161 e. The van der Waals surface area contributed by atoms with Crippen molar-refractivity contribution in [3.63, 3.8) is 0 Å². The molecule has 0 spiro atoms. The first-order chi connectivity index (χ1) is 27.7. The molecule has 6 nitrogen and oxygen atoms in total. The van der Waals surface area contributed by atoms with Gasteiger partial charge in [0, 0.05) is 63.0 Å². The predicted octanol–water partition coefficient (Wildman–Crippen LogP) is 13.1. The minimum Gasteiger partial charge on any atom is -0.456 e. The molecule has 5 heterocycles. The van der Waals surface area contributed by atoms with E-state index in [2.05, 4.69) is 125 Å². The molecule has 0 saturated carbocycles. The van der Waals surface area contributed by atoms with Gasteiger partial charge in [0.15, 0.2) is 5.82 Å². The van der Waals surface area contributed by atoms with Crippen molar-refractivity contribution in [2.75, 3.05) is 0 Å². The standard InChI is InChI=1S/C50H30N4O2/c1-3-11-46-40(9-1)42-26-33(17-19-48(42)55-46)37-23-38(34-18-20-49-43(27-34)41-10-2-4-12-47(41)56-49)25-39(24-37)45-28-44(53-50(54-45)36-8-6-22-52-30-36)32-15-13-31(14-16-32)35-7-5-21-51-29-35/h1-30H. The Labute approximate surface area is 321 Å². The first-order valence-corrected chi connectivity index (χ1v) is 18.5. The number of aromatic nitrogens is 4. The Morgan fingerprint density at radius 1 is 0.304 bits per heavy atom. The predicted molar refractivity (Wildman–Crippen MR) is 225 cm³/mol. The molecule has 0 N–H and O–H groups in total. The fourth-order valence-electron chi connectivity index (χ4n) is 7.65. The van der Waals surface area contributed by atoms with E-state index in [9.17, 15) is 0 Å². The van der Waals surface area contributed by atoms with Crippen molar-refractivity contribution in [2.45, 2.75) is 0 Å². The number of benzene rings is 6. The zero-order valence-electron chi connectivity index (χ0n) is 29.9. The Morgan fingerprint density at radius 2 is 0.786 bits per heavy atom. The van der Waals surface area contributed by atoms with Crippen molar-refractivity contribution in [3.8, 4) is 67.3 Å². The van der Waals surface area contributed by atoms with Gasteiger partial charge in [0.2, 0.25) is 0 Å². The molecule has 0 amide bonds. The van der Waals surface area contributed by atoms with Crippen LogP contribution in [0.25, 0.3) is 111 Å². The van der Waals surface area contributed by atoms with Crippen LogP contribution < -0.4 is 0 Å². The Bertz CT molecular complexity index is 3110. The van der Waals surface area contributed by atoms with Crippen LogP contribution in [0.2, 0.25) is 0 Å². The summed E-state index contributed by atoms with van der Waals surface area (Å²) in [6, 6.07) is 54.4. The summed E-state index contributed by atoms with van der Waals surface area (Å²) in [5.74, 6) is 0.603. The molecule has 0 radical (unpaired) electrons.